The first-order valence-corrected chi connectivity index (χ1v) is 13.4. The van der Waals surface area contributed by atoms with Gasteiger partial charge in [0.05, 0.1) is 19.6 Å². The van der Waals surface area contributed by atoms with Crippen LogP contribution in [0, 0.1) is 0 Å². The summed E-state index contributed by atoms with van der Waals surface area (Å²) in [6.07, 6.45) is 5.68. The van der Waals surface area contributed by atoms with E-state index in [-0.39, 0.29) is 43.1 Å². The summed E-state index contributed by atoms with van der Waals surface area (Å²) in [5, 5.41) is 9.77. The highest BCUT2D eigenvalue weighted by Gasteiger charge is 2.28. The summed E-state index contributed by atoms with van der Waals surface area (Å²) in [6.45, 7) is 5.02. The number of carbonyl (C=O) groups is 3. The Hall–Kier alpha value is -3.35. The van der Waals surface area contributed by atoms with E-state index in [2.05, 4.69) is 0 Å². The monoisotopic (exact) mass is 509 g/mol. The highest BCUT2D eigenvalue weighted by molar-refractivity contribution is 5.83. The van der Waals surface area contributed by atoms with Gasteiger partial charge in [-0.25, -0.2) is 0 Å². The molecule has 0 aromatic heterocycles. The van der Waals surface area contributed by atoms with Crippen LogP contribution >= 0.6 is 0 Å². The molecule has 200 valence electrons. The maximum Gasteiger partial charge on any atom is 0.325 e. The van der Waals surface area contributed by atoms with Crippen molar-refractivity contribution in [1.82, 2.24) is 4.90 Å². The van der Waals surface area contributed by atoms with Crippen LogP contribution in [0.5, 0.6) is 5.75 Å². The first kappa shape index (κ1) is 28.2. The topological polar surface area (TPSA) is 93.1 Å². The summed E-state index contributed by atoms with van der Waals surface area (Å²) >= 11 is 0. The van der Waals surface area contributed by atoms with Crippen LogP contribution in [-0.2, 0) is 43.2 Å². The fourth-order valence-corrected chi connectivity index (χ4v) is 4.54. The second kappa shape index (κ2) is 14.4. The third kappa shape index (κ3) is 8.92. The fourth-order valence-electron chi connectivity index (χ4n) is 4.54. The summed E-state index contributed by atoms with van der Waals surface area (Å²) in [5.41, 5.74) is 3.88. The molecule has 3 rings (SSSR count). The molecule has 0 radical (unpaired) electrons. The largest absolute Gasteiger partial charge is 0.508 e. The van der Waals surface area contributed by atoms with Gasteiger partial charge in [0.25, 0.3) is 0 Å². The van der Waals surface area contributed by atoms with Crippen LogP contribution in [0.15, 0.2) is 42.5 Å². The molecule has 37 heavy (non-hydrogen) atoms. The lowest BCUT2D eigenvalue weighted by Crippen LogP contribution is -2.36. The van der Waals surface area contributed by atoms with Gasteiger partial charge in [-0.05, 0) is 66.0 Å². The maximum absolute atomic E-state index is 13.4. The minimum absolute atomic E-state index is 0.0582. The molecule has 0 heterocycles. The molecule has 1 amide bonds. The van der Waals surface area contributed by atoms with Crippen LogP contribution < -0.4 is 0 Å². The van der Waals surface area contributed by atoms with Gasteiger partial charge >= 0.3 is 11.9 Å². The van der Waals surface area contributed by atoms with Gasteiger partial charge in [-0.2, -0.15) is 0 Å². The number of fused-ring (bicyclic) bond motifs is 1. The number of phenols is 1. The molecule has 2 aromatic rings. The molecule has 1 aliphatic rings. The highest BCUT2D eigenvalue weighted by atomic mass is 16.5. The SMILES string of the molecule is CCCCOC(=O)Cc1ccc(CN(CC(=O)OCCCC)C(=O)CC2CCc3cc(O)ccc32)cc1. The minimum atomic E-state index is -0.412. The number of carbonyl (C=O) groups excluding carboxylic acids is 3. The Morgan fingerprint density at radius 1 is 0.919 bits per heavy atom. The van der Waals surface area contributed by atoms with E-state index in [1.54, 1.807) is 17.0 Å². The zero-order valence-electron chi connectivity index (χ0n) is 22.0. The number of hydrogen-bond acceptors (Lipinski definition) is 6. The molecule has 1 unspecified atom stereocenters. The molecule has 1 atom stereocenters. The predicted octanol–water partition coefficient (Wildman–Crippen LogP) is 5.07. The van der Waals surface area contributed by atoms with Gasteiger partial charge < -0.3 is 19.5 Å². The molecule has 7 heteroatoms. The summed E-state index contributed by atoms with van der Waals surface area (Å²) in [7, 11) is 0. The van der Waals surface area contributed by atoms with Crippen LogP contribution in [0.4, 0.5) is 0 Å². The molecule has 0 bridgehead atoms. The van der Waals surface area contributed by atoms with E-state index in [9.17, 15) is 19.5 Å². The fraction of sp³-hybridized carbons (Fsp3) is 0.500. The van der Waals surface area contributed by atoms with Crippen LogP contribution in [0.25, 0.3) is 0 Å². The number of benzene rings is 2. The summed E-state index contributed by atoms with van der Waals surface area (Å²) in [5.74, 6) is -0.479. The van der Waals surface area contributed by atoms with Crippen LogP contribution in [0.1, 0.15) is 80.5 Å². The van der Waals surface area contributed by atoms with Gasteiger partial charge in [-0.15, -0.1) is 0 Å². The standard InChI is InChI=1S/C30H39NO6/c1-3-5-15-36-29(34)17-22-7-9-23(10-8-22)20-31(21-30(35)37-16-6-4-2)28(33)19-25-12-11-24-18-26(32)13-14-27(24)25/h7-10,13-14,18,25,32H,3-6,11-12,15-17,19-21H2,1-2H3. The average molecular weight is 510 g/mol. The van der Waals surface area contributed by atoms with Crippen molar-refractivity contribution in [1.29, 1.82) is 0 Å². The number of esters is 2. The average Bonchev–Trinajstić information content (AvgIpc) is 3.26. The van der Waals surface area contributed by atoms with E-state index in [1.165, 1.54) is 0 Å². The van der Waals surface area contributed by atoms with Crippen LogP contribution in [0.3, 0.4) is 0 Å². The molecule has 0 aliphatic heterocycles. The highest BCUT2D eigenvalue weighted by Crippen LogP contribution is 2.37. The number of amides is 1. The van der Waals surface area contributed by atoms with Crippen LogP contribution in [-0.4, -0.2) is 47.6 Å². The lowest BCUT2D eigenvalue weighted by atomic mass is 9.97. The van der Waals surface area contributed by atoms with Gasteiger partial charge in [0.1, 0.15) is 12.3 Å². The van der Waals surface area contributed by atoms with E-state index in [0.29, 0.717) is 19.6 Å². The van der Waals surface area contributed by atoms with E-state index < -0.39 is 5.97 Å². The van der Waals surface area contributed by atoms with Crippen molar-refractivity contribution >= 4 is 17.8 Å². The zero-order chi connectivity index (χ0) is 26.6. The van der Waals surface area contributed by atoms with Crippen molar-refractivity contribution in [2.75, 3.05) is 19.8 Å². The third-order valence-corrected chi connectivity index (χ3v) is 6.69. The zero-order valence-corrected chi connectivity index (χ0v) is 22.0. The first-order valence-electron chi connectivity index (χ1n) is 13.4. The Kier molecular flexibility index (Phi) is 11.0. The maximum atomic E-state index is 13.4. The van der Waals surface area contributed by atoms with Gasteiger partial charge in [-0.3, -0.25) is 14.4 Å². The van der Waals surface area contributed by atoms with E-state index >= 15 is 0 Å². The second-order valence-corrected chi connectivity index (χ2v) is 9.71. The number of phenolic OH excluding ortho intramolecular Hbond substituents is 1. The number of aryl methyl sites for hydroxylation is 1. The van der Waals surface area contributed by atoms with Crippen molar-refractivity contribution in [3.8, 4) is 5.75 Å². The summed E-state index contributed by atoms with van der Waals surface area (Å²) in [6, 6.07) is 12.8. The van der Waals surface area contributed by atoms with Crippen molar-refractivity contribution in [3.63, 3.8) is 0 Å². The summed E-state index contributed by atoms with van der Waals surface area (Å²) < 4.78 is 10.6. The quantitative estimate of drug-likeness (QED) is 0.282. The molecule has 7 nitrogen and oxygen atoms in total. The Morgan fingerprint density at radius 3 is 2.24 bits per heavy atom. The molecular formula is C30H39NO6. The van der Waals surface area contributed by atoms with Crippen molar-refractivity contribution in [3.05, 3.63) is 64.7 Å². The Labute approximate surface area is 219 Å². The van der Waals surface area contributed by atoms with E-state index in [1.807, 2.05) is 44.2 Å². The molecule has 0 saturated carbocycles. The van der Waals surface area contributed by atoms with Crippen molar-refractivity contribution < 1.29 is 29.0 Å². The number of hydrogen-bond donors (Lipinski definition) is 1. The lowest BCUT2D eigenvalue weighted by molar-refractivity contribution is -0.150. The van der Waals surface area contributed by atoms with E-state index in [4.69, 9.17) is 9.47 Å². The predicted molar refractivity (Wildman–Crippen MR) is 141 cm³/mol. The Balaban J connectivity index is 1.65. The number of unbranched alkanes of at least 4 members (excludes halogenated alkanes) is 2. The van der Waals surface area contributed by atoms with Crippen LogP contribution in [0.2, 0.25) is 0 Å². The van der Waals surface area contributed by atoms with Gasteiger partial charge in [-0.1, -0.05) is 57.0 Å². The first-order chi connectivity index (χ1) is 17.9. The number of ether oxygens (including phenoxy) is 2. The molecule has 0 spiro atoms. The number of nitrogens with zero attached hydrogens (tertiary/aromatic N) is 1. The molecule has 1 aliphatic carbocycles. The lowest BCUT2D eigenvalue weighted by Gasteiger charge is -2.24. The minimum Gasteiger partial charge on any atom is -0.508 e. The number of rotatable bonds is 14. The smallest absolute Gasteiger partial charge is 0.325 e. The Morgan fingerprint density at radius 2 is 1.57 bits per heavy atom. The van der Waals surface area contributed by atoms with Gasteiger partial charge in [0.15, 0.2) is 0 Å². The van der Waals surface area contributed by atoms with Crippen molar-refractivity contribution in [2.45, 2.75) is 77.7 Å². The van der Waals surface area contributed by atoms with Gasteiger partial charge in [0.2, 0.25) is 5.91 Å². The molecule has 1 N–H and O–H groups in total. The van der Waals surface area contributed by atoms with E-state index in [0.717, 1.165) is 60.8 Å². The van der Waals surface area contributed by atoms with Crippen molar-refractivity contribution in [2.24, 2.45) is 0 Å². The Bertz CT molecular complexity index is 1050. The molecule has 0 fully saturated rings. The number of aromatic hydroxyl groups is 1. The molecule has 2 aromatic carbocycles. The second-order valence-electron chi connectivity index (χ2n) is 9.71. The molecular weight excluding hydrogens is 470 g/mol. The normalized spacial score (nSPS) is 14.2. The molecule has 0 saturated heterocycles. The third-order valence-electron chi connectivity index (χ3n) is 6.69. The summed E-state index contributed by atoms with van der Waals surface area (Å²) in [4.78, 5) is 39.4. The van der Waals surface area contributed by atoms with Gasteiger partial charge in [0, 0.05) is 13.0 Å².